The van der Waals surface area contributed by atoms with Gasteiger partial charge in [0.05, 0.1) is 10.2 Å². The lowest BCUT2D eigenvalue weighted by Crippen LogP contribution is -2.35. The number of hydrogen-bond acceptors (Lipinski definition) is 6. The summed E-state index contributed by atoms with van der Waals surface area (Å²) in [5.74, 6) is -0.560. The zero-order chi connectivity index (χ0) is 21.0. The molecule has 0 spiro atoms. The van der Waals surface area contributed by atoms with Crippen molar-refractivity contribution in [2.45, 2.75) is 6.36 Å². The van der Waals surface area contributed by atoms with Crippen LogP contribution in [0.25, 0.3) is 16.3 Å². The zero-order valence-electron chi connectivity index (χ0n) is 15.6. The van der Waals surface area contributed by atoms with Gasteiger partial charge in [0.1, 0.15) is 5.75 Å². The topological polar surface area (TPSA) is 45.7 Å². The summed E-state index contributed by atoms with van der Waals surface area (Å²) >= 11 is 2.66. The molecule has 0 bridgehead atoms. The van der Waals surface area contributed by atoms with E-state index in [1.165, 1.54) is 40.5 Å². The minimum atomic E-state index is -4.76. The second kappa shape index (κ2) is 8.93. The number of fused-ring (bicyclic) bond motifs is 1. The Balaban J connectivity index is 1.87. The van der Waals surface area contributed by atoms with Crippen molar-refractivity contribution in [3.05, 3.63) is 46.7 Å². The third-order valence-electron chi connectivity index (χ3n) is 3.78. The van der Waals surface area contributed by atoms with E-state index >= 15 is 0 Å². The monoisotopic (exact) mass is 441 g/mol. The summed E-state index contributed by atoms with van der Waals surface area (Å²) in [7, 11) is 3.78. The summed E-state index contributed by atoms with van der Waals surface area (Å²) in [6.45, 7) is 1.00. The average Bonchev–Trinajstić information content (AvgIpc) is 3.27. The maximum absolute atomic E-state index is 12.8. The first-order valence-electron chi connectivity index (χ1n) is 8.55. The van der Waals surface area contributed by atoms with Gasteiger partial charge in [-0.1, -0.05) is 17.4 Å². The number of rotatable bonds is 7. The van der Waals surface area contributed by atoms with Crippen molar-refractivity contribution in [3.8, 4) is 5.75 Å². The molecular weight excluding hydrogens is 423 g/mol. The number of anilines is 1. The molecule has 0 fully saturated rings. The molecule has 10 heteroatoms. The summed E-state index contributed by atoms with van der Waals surface area (Å²) in [5, 5.41) is 2.34. The van der Waals surface area contributed by atoms with Gasteiger partial charge in [0.25, 0.3) is 5.91 Å². The van der Waals surface area contributed by atoms with Crippen LogP contribution in [0, 0.1) is 0 Å². The lowest BCUT2D eigenvalue weighted by Gasteiger charge is -2.20. The number of aromatic nitrogens is 1. The Morgan fingerprint density at radius 3 is 2.69 bits per heavy atom. The Morgan fingerprint density at radius 1 is 1.24 bits per heavy atom. The Hall–Kier alpha value is -2.43. The van der Waals surface area contributed by atoms with Crippen LogP contribution < -0.4 is 9.64 Å². The second-order valence-corrected chi connectivity index (χ2v) is 8.30. The highest BCUT2D eigenvalue weighted by Crippen LogP contribution is 2.33. The second-order valence-electron chi connectivity index (χ2n) is 6.32. The highest BCUT2D eigenvalue weighted by Gasteiger charge is 2.31. The number of thiazole rings is 1. The fraction of sp³-hybridized carbons (Fsp3) is 0.263. The van der Waals surface area contributed by atoms with Crippen molar-refractivity contribution in [2.75, 3.05) is 32.1 Å². The molecule has 154 valence electrons. The predicted octanol–water partition coefficient (Wildman–Crippen LogP) is 4.86. The van der Waals surface area contributed by atoms with Crippen molar-refractivity contribution in [3.63, 3.8) is 0 Å². The SMILES string of the molecule is CN(C)CCN(C(=O)C=Cc1cccs1)c1nc2ccc(OC(F)(F)F)cc2s1. The van der Waals surface area contributed by atoms with Crippen LogP contribution in [0.5, 0.6) is 5.75 Å². The lowest BCUT2D eigenvalue weighted by molar-refractivity contribution is -0.274. The average molecular weight is 442 g/mol. The largest absolute Gasteiger partial charge is 0.573 e. The molecule has 1 amide bonds. The number of benzene rings is 1. The first-order chi connectivity index (χ1) is 13.7. The van der Waals surface area contributed by atoms with Crippen LogP contribution in [-0.4, -0.2) is 49.3 Å². The molecule has 0 saturated heterocycles. The van der Waals surface area contributed by atoms with Crippen LogP contribution in [0.2, 0.25) is 0 Å². The molecule has 3 rings (SSSR count). The standard InChI is InChI=1S/C19H18F3N3O2S2/c1-24(2)9-10-25(17(26)8-6-14-4-3-11-28-14)18-23-15-7-5-13(12-16(15)29-18)27-19(20,21)22/h3-8,11-12H,9-10H2,1-2H3. The summed E-state index contributed by atoms with van der Waals surface area (Å²) in [6.07, 6.45) is -1.55. The van der Waals surface area contributed by atoms with E-state index < -0.39 is 6.36 Å². The van der Waals surface area contributed by atoms with Crippen LogP contribution >= 0.6 is 22.7 Å². The van der Waals surface area contributed by atoms with Crippen molar-refractivity contribution in [1.82, 2.24) is 9.88 Å². The number of ether oxygens (including phenoxy) is 1. The van der Waals surface area contributed by atoms with E-state index in [0.717, 1.165) is 16.2 Å². The van der Waals surface area contributed by atoms with Crippen LogP contribution in [0.3, 0.4) is 0 Å². The molecule has 1 aromatic carbocycles. The molecule has 0 radical (unpaired) electrons. The third-order valence-corrected chi connectivity index (χ3v) is 5.66. The molecule has 2 aromatic heterocycles. The van der Waals surface area contributed by atoms with Crippen molar-refractivity contribution in [1.29, 1.82) is 0 Å². The number of hydrogen-bond donors (Lipinski definition) is 0. The van der Waals surface area contributed by atoms with Crippen LogP contribution in [0.15, 0.2) is 41.8 Å². The molecule has 0 saturated carbocycles. The first-order valence-corrected chi connectivity index (χ1v) is 10.2. The van der Waals surface area contributed by atoms with Crippen LogP contribution in [0.1, 0.15) is 4.88 Å². The number of amides is 1. The van der Waals surface area contributed by atoms with Gasteiger partial charge in [0.2, 0.25) is 0 Å². The molecular formula is C19H18F3N3O2S2. The van der Waals surface area contributed by atoms with E-state index in [-0.39, 0.29) is 11.7 Å². The number of carbonyl (C=O) groups excluding carboxylic acids is 1. The summed E-state index contributed by atoms with van der Waals surface area (Å²) < 4.78 is 41.9. The Morgan fingerprint density at radius 2 is 2.03 bits per heavy atom. The summed E-state index contributed by atoms with van der Waals surface area (Å²) in [4.78, 5) is 21.6. The number of nitrogens with zero attached hydrogens (tertiary/aromatic N) is 3. The molecule has 0 aliphatic carbocycles. The molecule has 0 unspecified atom stereocenters. The highest BCUT2D eigenvalue weighted by molar-refractivity contribution is 7.22. The number of thiophene rings is 1. The molecule has 0 N–H and O–H groups in total. The van der Waals surface area contributed by atoms with Gasteiger partial charge in [-0.2, -0.15) is 0 Å². The molecule has 0 aliphatic rings. The van der Waals surface area contributed by atoms with E-state index in [2.05, 4.69) is 9.72 Å². The maximum atomic E-state index is 12.8. The highest BCUT2D eigenvalue weighted by atomic mass is 32.1. The van der Waals surface area contributed by atoms with E-state index in [1.54, 1.807) is 6.08 Å². The van der Waals surface area contributed by atoms with Gasteiger partial charge in [-0.25, -0.2) is 4.98 Å². The van der Waals surface area contributed by atoms with Crippen molar-refractivity contribution < 1.29 is 22.7 Å². The maximum Gasteiger partial charge on any atom is 0.573 e. The van der Waals surface area contributed by atoms with Crippen molar-refractivity contribution in [2.24, 2.45) is 0 Å². The fourth-order valence-electron chi connectivity index (χ4n) is 2.43. The smallest absolute Gasteiger partial charge is 0.406 e. The lowest BCUT2D eigenvalue weighted by atomic mass is 10.3. The van der Waals surface area contributed by atoms with Gasteiger partial charge in [-0.15, -0.1) is 24.5 Å². The summed E-state index contributed by atoms with van der Waals surface area (Å²) in [6, 6.07) is 7.74. The molecule has 0 aliphatic heterocycles. The first kappa shape index (κ1) is 21.3. The number of alkyl halides is 3. The van der Waals surface area contributed by atoms with Gasteiger partial charge in [-0.3, -0.25) is 9.69 Å². The quantitative estimate of drug-likeness (QED) is 0.491. The van der Waals surface area contributed by atoms with E-state index in [0.29, 0.717) is 28.4 Å². The van der Waals surface area contributed by atoms with E-state index in [9.17, 15) is 18.0 Å². The minimum absolute atomic E-state index is 0.244. The Labute approximate surface area is 173 Å². The van der Waals surface area contributed by atoms with Crippen LogP contribution in [0.4, 0.5) is 18.3 Å². The van der Waals surface area contributed by atoms with Gasteiger partial charge in [-0.05, 0) is 43.8 Å². The number of halogens is 3. The third kappa shape index (κ3) is 6.02. The molecule has 5 nitrogen and oxygen atoms in total. The van der Waals surface area contributed by atoms with Crippen LogP contribution in [-0.2, 0) is 4.79 Å². The van der Waals surface area contributed by atoms with E-state index in [1.807, 2.05) is 36.5 Å². The number of carbonyl (C=O) groups is 1. The fourth-order valence-corrected chi connectivity index (χ4v) is 4.08. The Bertz CT molecular complexity index is 998. The number of likely N-dealkylation sites (N-methyl/N-ethyl adjacent to an activating group) is 1. The minimum Gasteiger partial charge on any atom is -0.406 e. The molecule has 2 heterocycles. The summed E-state index contributed by atoms with van der Waals surface area (Å²) in [5.41, 5.74) is 0.504. The van der Waals surface area contributed by atoms with Gasteiger partial charge >= 0.3 is 6.36 Å². The Kier molecular flexibility index (Phi) is 6.56. The normalized spacial score (nSPS) is 12.2. The molecule has 29 heavy (non-hydrogen) atoms. The van der Waals surface area contributed by atoms with Gasteiger partial charge in [0, 0.05) is 30.1 Å². The van der Waals surface area contributed by atoms with E-state index in [4.69, 9.17) is 0 Å². The molecule has 0 atom stereocenters. The predicted molar refractivity (Wildman–Crippen MR) is 111 cm³/mol. The van der Waals surface area contributed by atoms with Crippen molar-refractivity contribution >= 4 is 50.0 Å². The van der Waals surface area contributed by atoms with Gasteiger partial charge in [0.15, 0.2) is 5.13 Å². The zero-order valence-corrected chi connectivity index (χ0v) is 17.3. The van der Waals surface area contributed by atoms with Gasteiger partial charge < -0.3 is 9.64 Å². The molecule has 3 aromatic rings.